The second-order valence-corrected chi connectivity index (χ2v) is 8.43. The number of rotatable bonds is 4. The van der Waals surface area contributed by atoms with Crippen LogP contribution in [0.4, 0.5) is 0 Å². The van der Waals surface area contributed by atoms with Crippen LogP contribution in [0.5, 0.6) is 0 Å². The molecule has 0 radical (unpaired) electrons. The number of benzene rings is 1. The number of aromatic nitrogens is 4. The van der Waals surface area contributed by atoms with Crippen molar-refractivity contribution in [2.24, 2.45) is 5.92 Å². The number of H-pyrrole nitrogens is 1. The molecule has 7 heteroatoms. The van der Waals surface area contributed by atoms with Crippen molar-refractivity contribution < 1.29 is 4.79 Å². The Morgan fingerprint density at radius 1 is 1.13 bits per heavy atom. The van der Waals surface area contributed by atoms with E-state index in [1.54, 1.807) is 4.52 Å². The first-order valence-electron chi connectivity index (χ1n) is 11.0. The number of hydrogen-bond acceptors (Lipinski definition) is 4. The van der Waals surface area contributed by atoms with Gasteiger partial charge in [-0.1, -0.05) is 43.7 Å². The number of nitrogens with one attached hydrogen (secondary N) is 1. The Morgan fingerprint density at radius 2 is 1.87 bits per heavy atom. The minimum absolute atomic E-state index is 0.156. The number of carbonyl (C=O) groups excluding carboxylic acids is 1. The van der Waals surface area contributed by atoms with Crippen LogP contribution in [0.1, 0.15) is 56.5 Å². The summed E-state index contributed by atoms with van der Waals surface area (Å²) in [6.45, 7) is 3.52. The Morgan fingerprint density at radius 3 is 2.50 bits per heavy atom. The Bertz CT molecular complexity index is 1120. The number of carbonyl (C=O) groups is 1. The zero-order chi connectivity index (χ0) is 20.7. The van der Waals surface area contributed by atoms with Crippen molar-refractivity contribution >= 4 is 11.4 Å². The Balaban J connectivity index is 1.47. The van der Waals surface area contributed by atoms with Gasteiger partial charge in [0.1, 0.15) is 5.82 Å². The van der Waals surface area contributed by atoms with Gasteiger partial charge >= 0.3 is 0 Å². The minimum Gasteiger partial charge on any atom is -0.342 e. The van der Waals surface area contributed by atoms with Crippen LogP contribution in [0.25, 0.3) is 16.9 Å². The molecule has 30 heavy (non-hydrogen) atoms. The van der Waals surface area contributed by atoms with Crippen molar-refractivity contribution in [3.8, 4) is 11.4 Å². The summed E-state index contributed by atoms with van der Waals surface area (Å²) >= 11 is 0. The molecule has 0 atom stereocenters. The van der Waals surface area contributed by atoms with Crippen LogP contribution in [0, 0.1) is 5.92 Å². The molecule has 0 bridgehead atoms. The molecule has 2 fully saturated rings. The lowest BCUT2D eigenvalue weighted by Gasteiger charge is -2.36. The van der Waals surface area contributed by atoms with E-state index in [2.05, 4.69) is 4.98 Å². The number of aryl methyl sites for hydroxylation is 1. The summed E-state index contributed by atoms with van der Waals surface area (Å²) in [5, 5.41) is 4.77. The number of likely N-dealkylation sites (tertiary alicyclic amines) is 1. The fourth-order valence-corrected chi connectivity index (χ4v) is 4.60. The highest BCUT2D eigenvalue weighted by atomic mass is 16.2. The van der Waals surface area contributed by atoms with Gasteiger partial charge in [-0.2, -0.15) is 0 Å². The molecule has 2 aromatic heterocycles. The maximum atomic E-state index is 12.9. The van der Waals surface area contributed by atoms with E-state index in [4.69, 9.17) is 10.1 Å². The SMILES string of the molecule is CCc1nc(C2CCN(C(=O)C3CCC3)CC2)n2nc(-c3ccccc3)[nH]c(=O)c12. The van der Waals surface area contributed by atoms with Gasteiger partial charge in [-0.3, -0.25) is 9.59 Å². The molecule has 1 saturated heterocycles. The molecule has 1 amide bonds. The molecule has 156 valence electrons. The van der Waals surface area contributed by atoms with Crippen LogP contribution in [0.2, 0.25) is 0 Å². The third-order valence-corrected chi connectivity index (χ3v) is 6.61. The zero-order valence-electron chi connectivity index (χ0n) is 17.3. The van der Waals surface area contributed by atoms with E-state index in [1.165, 1.54) is 6.42 Å². The summed E-state index contributed by atoms with van der Waals surface area (Å²) in [4.78, 5) is 35.3. The van der Waals surface area contributed by atoms with E-state index in [1.807, 2.05) is 42.2 Å². The van der Waals surface area contributed by atoms with Gasteiger partial charge in [-0.05, 0) is 32.1 Å². The van der Waals surface area contributed by atoms with Crippen LogP contribution in [-0.4, -0.2) is 43.5 Å². The molecule has 3 aromatic rings. The fourth-order valence-electron chi connectivity index (χ4n) is 4.60. The fraction of sp³-hybridized carbons (Fsp3) is 0.478. The van der Waals surface area contributed by atoms with E-state index in [9.17, 15) is 9.59 Å². The van der Waals surface area contributed by atoms with Crippen molar-refractivity contribution in [1.29, 1.82) is 0 Å². The van der Waals surface area contributed by atoms with Gasteiger partial charge in [0.2, 0.25) is 5.91 Å². The highest BCUT2D eigenvalue weighted by molar-refractivity contribution is 5.79. The van der Waals surface area contributed by atoms with Crippen molar-refractivity contribution in [3.63, 3.8) is 0 Å². The number of amides is 1. The Labute approximate surface area is 175 Å². The topological polar surface area (TPSA) is 83.4 Å². The van der Waals surface area contributed by atoms with Crippen LogP contribution < -0.4 is 5.56 Å². The van der Waals surface area contributed by atoms with Gasteiger partial charge in [0.15, 0.2) is 11.3 Å². The summed E-state index contributed by atoms with van der Waals surface area (Å²) in [7, 11) is 0. The summed E-state index contributed by atoms with van der Waals surface area (Å²) < 4.78 is 1.76. The third kappa shape index (κ3) is 3.22. The van der Waals surface area contributed by atoms with Crippen LogP contribution in [0.3, 0.4) is 0 Å². The molecule has 1 aliphatic heterocycles. The van der Waals surface area contributed by atoms with Crippen LogP contribution in [0.15, 0.2) is 35.1 Å². The predicted molar refractivity (Wildman–Crippen MR) is 114 cm³/mol. The van der Waals surface area contributed by atoms with Crippen molar-refractivity contribution in [2.75, 3.05) is 13.1 Å². The molecule has 1 aromatic carbocycles. The molecule has 7 nitrogen and oxygen atoms in total. The largest absolute Gasteiger partial charge is 0.342 e. The quantitative estimate of drug-likeness (QED) is 0.723. The maximum absolute atomic E-state index is 12.9. The summed E-state index contributed by atoms with van der Waals surface area (Å²) in [5.41, 5.74) is 2.04. The average molecular weight is 406 g/mol. The number of fused-ring (bicyclic) bond motifs is 1. The van der Waals surface area contributed by atoms with Gasteiger partial charge in [0, 0.05) is 30.5 Å². The molecule has 2 aliphatic rings. The van der Waals surface area contributed by atoms with Gasteiger partial charge in [0.25, 0.3) is 5.56 Å². The number of hydrogen-bond donors (Lipinski definition) is 1. The van der Waals surface area contributed by atoms with Crippen molar-refractivity contribution in [1.82, 2.24) is 24.5 Å². The van der Waals surface area contributed by atoms with Crippen LogP contribution >= 0.6 is 0 Å². The number of aromatic amines is 1. The zero-order valence-corrected chi connectivity index (χ0v) is 17.3. The first-order chi connectivity index (χ1) is 14.7. The predicted octanol–water partition coefficient (Wildman–Crippen LogP) is 3.15. The lowest BCUT2D eigenvalue weighted by molar-refractivity contribution is -0.139. The van der Waals surface area contributed by atoms with E-state index >= 15 is 0 Å². The van der Waals surface area contributed by atoms with Crippen molar-refractivity contribution in [3.05, 3.63) is 52.2 Å². The van der Waals surface area contributed by atoms with E-state index in [0.29, 0.717) is 23.7 Å². The molecular formula is C23H27N5O2. The molecule has 3 heterocycles. The molecule has 1 N–H and O–H groups in total. The highest BCUT2D eigenvalue weighted by Gasteiger charge is 2.33. The summed E-state index contributed by atoms with van der Waals surface area (Å²) in [6, 6.07) is 9.68. The monoisotopic (exact) mass is 405 g/mol. The van der Waals surface area contributed by atoms with Gasteiger partial charge in [0.05, 0.1) is 5.69 Å². The molecular weight excluding hydrogens is 378 g/mol. The molecule has 1 aliphatic carbocycles. The van der Waals surface area contributed by atoms with Gasteiger partial charge in [-0.25, -0.2) is 9.50 Å². The molecule has 5 rings (SSSR count). The lowest BCUT2D eigenvalue weighted by Crippen LogP contribution is -2.43. The second-order valence-electron chi connectivity index (χ2n) is 8.43. The van der Waals surface area contributed by atoms with Crippen molar-refractivity contribution in [2.45, 2.75) is 51.4 Å². The van der Waals surface area contributed by atoms with E-state index in [-0.39, 0.29) is 17.4 Å². The third-order valence-electron chi connectivity index (χ3n) is 6.61. The molecule has 0 spiro atoms. The standard InChI is InChI=1S/C23H27N5O2/c1-2-18-19-22(29)25-20(15-7-4-3-5-8-15)26-28(19)21(24-18)16-11-13-27(14-12-16)23(30)17-9-6-10-17/h3-5,7-8,16-17H,2,6,9-14H2,1H3,(H,25,26,29). The first-order valence-corrected chi connectivity index (χ1v) is 11.0. The van der Waals surface area contributed by atoms with E-state index in [0.717, 1.165) is 55.9 Å². The summed E-state index contributed by atoms with van der Waals surface area (Å²) in [5.74, 6) is 2.16. The number of piperidine rings is 1. The normalized spacial score (nSPS) is 18.0. The van der Waals surface area contributed by atoms with Gasteiger partial charge in [-0.15, -0.1) is 5.10 Å². The number of imidazole rings is 1. The van der Waals surface area contributed by atoms with Gasteiger partial charge < -0.3 is 9.88 Å². The second kappa shape index (κ2) is 7.70. The minimum atomic E-state index is -0.156. The van der Waals surface area contributed by atoms with E-state index < -0.39 is 0 Å². The molecule has 1 saturated carbocycles. The lowest BCUT2D eigenvalue weighted by atomic mass is 9.83. The Kier molecular flexibility index (Phi) is 4.89. The number of nitrogens with zero attached hydrogens (tertiary/aromatic N) is 4. The average Bonchev–Trinajstić information content (AvgIpc) is 3.12. The maximum Gasteiger partial charge on any atom is 0.277 e. The summed E-state index contributed by atoms with van der Waals surface area (Å²) in [6.07, 6.45) is 5.65. The highest BCUT2D eigenvalue weighted by Crippen LogP contribution is 2.33. The first kappa shape index (κ1) is 19.0. The van der Waals surface area contributed by atoms with Crippen LogP contribution in [-0.2, 0) is 11.2 Å². The smallest absolute Gasteiger partial charge is 0.277 e. The molecule has 0 unspecified atom stereocenters. The Hall–Kier alpha value is -2.96.